The lowest BCUT2D eigenvalue weighted by molar-refractivity contribution is -0.137. The van der Waals surface area contributed by atoms with Gasteiger partial charge in [0.25, 0.3) is 0 Å². The molecular weight excluding hydrogens is 224 g/mol. The molecule has 100 valence electrons. The predicted octanol–water partition coefficient (Wildman–Crippen LogP) is 4.39. The number of hydrogen-bond acceptors (Lipinski definition) is 1. The largest absolute Gasteiger partial charge is 0.481 e. The Kier molecular flexibility index (Phi) is 6.48. The number of benzene rings is 1. The zero-order chi connectivity index (χ0) is 13.4. The van der Waals surface area contributed by atoms with Crippen LogP contribution in [0.25, 0.3) is 0 Å². The van der Waals surface area contributed by atoms with E-state index in [-0.39, 0.29) is 0 Å². The molecule has 1 aromatic rings. The smallest absolute Gasteiger partial charge is 0.303 e. The minimum atomic E-state index is -0.711. The number of aryl methyl sites for hydroxylation is 1. The third-order valence-corrected chi connectivity index (χ3v) is 3.38. The first kappa shape index (κ1) is 14.7. The van der Waals surface area contributed by atoms with Crippen LogP contribution in [-0.2, 0) is 11.2 Å². The highest BCUT2D eigenvalue weighted by Gasteiger charge is 2.12. The average molecular weight is 248 g/mol. The summed E-state index contributed by atoms with van der Waals surface area (Å²) in [6.07, 6.45) is 6.46. The van der Waals surface area contributed by atoms with Crippen molar-refractivity contribution in [3.8, 4) is 0 Å². The molecule has 1 aliphatic carbocycles. The molecule has 1 aromatic carbocycles. The maximum absolute atomic E-state index is 9.60. The van der Waals surface area contributed by atoms with Gasteiger partial charge < -0.3 is 5.11 Å². The van der Waals surface area contributed by atoms with Crippen LogP contribution >= 0.6 is 0 Å². The van der Waals surface area contributed by atoms with E-state index in [0.29, 0.717) is 6.42 Å². The van der Waals surface area contributed by atoms with E-state index < -0.39 is 5.97 Å². The van der Waals surface area contributed by atoms with Gasteiger partial charge in [-0.3, -0.25) is 4.79 Å². The molecule has 1 N–H and O–H groups in total. The topological polar surface area (TPSA) is 37.3 Å². The molecule has 2 nitrogen and oxygen atoms in total. The highest BCUT2D eigenvalue weighted by molar-refractivity contribution is 5.66. The summed E-state index contributed by atoms with van der Waals surface area (Å²) in [6.45, 7) is 4.19. The molecule has 1 unspecified atom stereocenters. The second kappa shape index (κ2) is 7.91. The lowest BCUT2D eigenvalue weighted by Crippen LogP contribution is -1.94. The van der Waals surface area contributed by atoms with Crippen molar-refractivity contribution in [1.82, 2.24) is 0 Å². The predicted molar refractivity (Wildman–Crippen MR) is 75.0 cm³/mol. The molecule has 0 amide bonds. The highest BCUT2D eigenvalue weighted by Crippen LogP contribution is 2.29. The Balaban J connectivity index is 0.000000232. The zero-order valence-corrected chi connectivity index (χ0v) is 11.5. The molecule has 18 heavy (non-hydrogen) atoms. The van der Waals surface area contributed by atoms with Gasteiger partial charge in [-0.15, -0.1) is 0 Å². The standard InChI is InChI=1S/C12H16.C4H8O2/c1-10-6-2-3-7-11-8-4-5-9-12(10)11;1-2-3-4(5)6/h4-5,8-10H,2-3,6-7H2,1H3;2-3H2,1H3,(H,5,6). The van der Waals surface area contributed by atoms with Crippen molar-refractivity contribution in [3.05, 3.63) is 35.4 Å². The summed E-state index contributed by atoms with van der Waals surface area (Å²) in [5.74, 6) is 0.0706. The number of carbonyl (C=O) groups is 1. The van der Waals surface area contributed by atoms with E-state index in [4.69, 9.17) is 5.11 Å². The molecule has 0 saturated heterocycles. The number of rotatable bonds is 2. The van der Waals surface area contributed by atoms with Crippen molar-refractivity contribution in [1.29, 1.82) is 0 Å². The summed E-state index contributed by atoms with van der Waals surface area (Å²) in [6, 6.07) is 8.92. The summed E-state index contributed by atoms with van der Waals surface area (Å²) in [7, 11) is 0. The molecule has 0 aliphatic heterocycles. The van der Waals surface area contributed by atoms with Gasteiger partial charge in [0.2, 0.25) is 0 Å². The molecule has 0 spiro atoms. The van der Waals surface area contributed by atoms with Crippen molar-refractivity contribution < 1.29 is 9.90 Å². The number of carboxylic acid groups (broad SMARTS) is 1. The Morgan fingerprint density at radius 3 is 2.67 bits per heavy atom. The number of hydrogen-bond donors (Lipinski definition) is 1. The molecule has 0 bridgehead atoms. The summed E-state index contributed by atoms with van der Waals surface area (Å²) >= 11 is 0. The molecule has 0 saturated carbocycles. The Morgan fingerprint density at radius 1 is 1.33 bits per heavy atom. The van der Waals surface area contributed by atoms with Crippen LogP contribution in [0.1, 0.15) is 63.0 Å². The monoisotopic (exact) mass is 248 g/mol. The van der Waals surface area contributed by atoms with Gasteiger partial charge in [0.05, 0.1) is 0 Å². The van der Waals surface area contributed by atoms with Crippen LogP contribution in [0, 0.1) is 0 Å². The fraction of sp³-hybridized carbons (Fsp3) is 0.562. The molecule has 2 heteroatoms. The molecule has 2 rings (SSSR count). The number of carboxylic acids is 1. The average Bonchev–Trinajstić information content (AvgIpc) is 2.53. The van der Waals surface area contributed by atoms with Crippen molar-refractivity contribution in [2.45, 2.75) is 58.3 Å². The van der Waals surface area contributed by atoms with Crippen molar-refractivity contribution in [2.75, 3.05) is 0 Å². The number of aliphatic carboxylic acids is 1. The second-order valence-electron chi connectivity index (χ2n) is 4.99. The minimum absolute atomic E-state index is 0.292. The zero-order valence-electron chi connectivity index (χ0n) is 11.5. The van der Waals surface area contributed by atoms with E-state index in [9.17, 15) is 4.79 Å². The molecule has 0 heterocycles. The van der Waals surface area contributed by atoms with Crippen LogP contribution in [0.3, 0.4) is 0 Å². The van der Waals surface area contributed by atoms with Crippen molar-refractivity contribution >= 4 is 5.97 Å². The molecule has 0 radical (unpaired) electrons. The van der Waals surface area contributed by atoms with Crippen LogP contribution in [-0.4, -0.2) is 11.1 Å². The third-order valence-electron chi connectivity index (χ3n) is 3.38. The van der Waals surface area contributed by atoms with Crippen LogP contribution in [0.5, 0.6) is 0 Å². The van der Waals surface area contributed by atoms with E-state index >= 15 is 0 Å². The molecule has 0 fully saturated rings. The molecule has 1 atom stereocenters. The van der Waals surface area contributed by atoms with Gasteiger partial charge in [0, 0.05) is 6.42 Å². The Labute approximate surface area is 110 Å². The Hall–Kier alpha value is -1.31. The molecule has 1 aliphatic rings. The SMILES string of the molecule is CC1CCCCc2ccccc21.CCCC(=O)O. The van der Waals surface area contributed by atoms with E-state index in [1.165, 1.54) is 25.7 Å². The number of fused-ring (bicyclic) bond motifs is 1. The fourth-order valence-electron chi connectivity index (χ4n) is 2.38. The normalized spacial score (nSPS) is 18.0. The first-order chi connectivity index (χ1) is 8.65. The van der Waals surface area contributed by atoms with E-state index in [0.717, 1.165) is 12.3 Å². The van der Waals surface area contributed by atoms with Gasteiger partial charge in [0.15, 0.2) is 0 Å². The van der Waals surface area contributed by atoms with Gasteiger partial charge >= 0.3 is 5.97 Å². The summed E-state index contributed by atoms with van der Waals surface area (Å²) in [5, 5.41) is 7.91. The van der Waals surface area contributed by atoms with Gasteiger partial charge in [-0.2, -0.15) is 0 Å². The van der Waals surface area contributed by atoms with Gasteiger partial charge in [0.1, 0.15) is 0 Å². The Bertz CT molecular complexity index is 371. The maximum Gasteiger partial charge on any atom is 0.303 e. The first-order valence-electron chi connectivity index (χ1n) is 6.94. The molecular formula is C16H24O2. The third kappa shape index (κ3) is 4.91. The van der Waals surface area contributed by atoms with E-state index in [1.807, 2.05) is 6.92 Å². The van der Waals surface area contributed by atoms with E-state index in [1.54, 1.807) is 11.1 Å². The van der Waals surface area contributed by atoms with Gasteiger partial charge in [-0.25, -0.2) is 0 Å². The van der Waals surface area contributed by atoms with Crippen LogP contribution in [0.2, 0.25) is 0 Å². The second-order valence-corrected chi connectivity index (χ2v) is 4.99. The lowest BCUT2D eigenvalue weighted by Gasteiger charge is -2.11. The summed E-state index contributed by atoms with van der Waals surface area (Å²) < 4.78 is 0. The van der Waals surface area contributed by atoms with Crippen molar-refractivity contribution in [3.63, 3.8) is 0 Å². The van der Waals surface area contributed by atoms with E-state index in [2.05, 4.69) is 31.2 Å². The van der Waals surface area contributed by atoms with Crippen LogP contribution < -0.4 is 0 Å². The summed E-state index contributed by atoms with van der Waals surface area (Å²) in [4.78, 5) is 9.60. The quantitative estimate of drug-likeness (QED) is 0.788. The fourth-order valence-corrected chi connectivity index (χ4v) is 2.38. The van der Waals surface area contributed by atoms with Crippen LogP contribution in [0.15, 0.2) is 24.3 Å². The highest BCUT2D eigenvalue weighted by atomic mass is 16.4. The Morgan fingerprint density at radius 2 is 2.06 bits per heavy atom. The molecule has 0 aromatic heterocycles. The minimum Gasteiger partial charge on any atom is -0.481 e. The van der Waals surface area contributed by atoms with Gasteiger partial charge in [-0.05, 0) is 42.7 Å². The van der Waals surface area contributed by atoms with Gasteiger partial charge in [-0.1, -0.05) is 44.5 Å². The lowest BCUT2D eigenvalue weighted by atomic mass is 9.95. The first-order valence-corrected chi connectivity index (χ1v) is 6.94. The maximum atomic E-state index is 9.60. The summed E-state index contributed by atoms with van der Waals surface area (Å²) in [5.41, 5.74) is 3.18. The van der Waals surface area contributed by atoms with Crippen molar-refractivity contribution in [2.24, 2.45) is 0 Å². The van der Waals surface area contributed by atoms with Crippen LogP contribution in [0.4, 0.5) is 0 Å².